The van der Waals surface area contributed by atoms with Gasteiger partial charge in [0.05, 0.1) is 0 Å². The summed E-state index contributed by atoms with van der Waals surface area (Å²) in [6.07, 6.45) is 4.18. The van der Waals surface area contributed by atoms with Gasteiger partial charge in [0.1, 0.15) is 0 Å². The van der Waals surface area contributed by atoms with E-state index >= 15 is 0 Å². The summed E-state index contributed by atoms with van der Waals surface area (Å²) >= 11 is 0. The number of aliphatic hydroxyl groups is 1. The normalized spacial score (nSPS) is 30.4. The summed E-state index contributed by atoms with van der Waals surface area (Å²) in [6.45, 7) is 1.76. The molecule has 1 aliphatic carbocycles. The molecule has 14 heavy (non-hydrogen) atoms. The van der Waals surface area contributed by atoms with Gasteiger partial charge in [-0.2, -0.15) is 0 Å². The van der Waals surface area contributed by atoms with Gasteiger partial charge in [0.2, 0.25) is 0 Å². The van der Waals surface area contributed by atoms with Gasteiger partial charge in [-0.15, -0.1) is 0 Å². The third-order valence-electron chi connectivity index (χ3n) is 3.01. The minimum atomic E-state index is -1.70. The quantitative estimate of drug-likeness (QED) is 0.685. The van der Waals surface area contributed by atoms with Crippen molar-refractivity contribution < 1.29 is 15.0 Å². The molecular weight excluding hydrogens is 182 g/mol. The Morgan fingerprint density at radius 3 is 2.86 bits per heavy atom. The van der Waals surface area contributed by atoms with E-state index in [0.717, 1.165) is 5.56 Å². The topological polar surface area (TPSA) is 62.5 Å². The van der Waals surface area contributed by atoms with E-state index in [4.69, 9.17) is 5.11 Å². The monoisotopic (exact) mass is 195 g/mol. The molecule has 0 saturated heterocycles. The van der Waals surface area contributed by atoms with Crippen LogP contribution in [-0.2, 0) is 23.9 Å². The highest BCUT2D eigenvalue weighted by Crippen LogP contribution is 2.41. The Morgan fingerprint density at radius 2 is 2.29 bits per heavy atom. The van der Waals surface area contributed by atoms with Gasteiger partial charge in [0.25, 0.3) is 0 Å². The fourth-order valence-corrected chi connectivity index (χ4v) is 2.21. The van der Waals surface area contributed by atoms with Crippen LogP contribution < -0.4 is 0 Å². The third-order valence-corrected chi connectivity index (χ3v) is 3.01. The molecule has 1 aliphatic rings. The molecule has 4 nitrogen and oxygen atoms in total. The van der Waals surface area contributed by atoms with Crippen LogP contribution in [0.25, 0.3) is 0 Å². The van der Waals surface area contributed by atoms with Gasteiger partial charge in [0.15, 0.2) is 5.60 Å². The van der Waals surface area contributed by atoms with Crippen LogP contribution in [0.3, 0.4) is 0 Å². The second kappa shape index (κ2) is 2.60. The van der Waals surface area contributed by atoms with Crippen molar-refractivity contribution >= 4 is 5.97 Å². The molecule has 0 saturated carbocycles. The highest BCUT2D eigenvalue weighted by atomic mass is 16.4. The first-order valence-electron chi connectivity index (χ1n) is 4.57. The number of carboxylic acid groups (broad SMARTS) is 1. The lowest BCUT2D eigenvalue weighted by atomic mass is 9.89. The average Bonchev–Trinajstić information content (AvgIpc) is 2.53. The summed E-state index contributed by atoms with van der Waals surface area (Å²) < 4.78 is 1.78. The fourth-order valence-electron chi connectivity index (χ4n) is 2.21. The average molecular weight is 195 g/mol. The predicted molar refractivity (Wildman–Crippen MR) is 49.8 cm³/mol. The Bertz CT molecular complexity index is 396. The molecule has 0 aromatic carbocycles. The number of rotatable bonds is 1. The number of aliphatic carboxylic acids is 1. The van der Waals surface area contributed by atoms with E-state index < -0.39 is 11.6 Å². The van der Waals surface area contributed by atoms with Crippen molar-refractivity contribution in [1.82, 2.24) is 4.57 Å². The van der Waals surface area contributed by atoms with Gasteiger partial charge >= 0.3 is 5.97 Å². The zero-order chi connectivity index (χ0) is 10.5. The van der Waals surface area contributed by atoms with Gasteiger partial charge < -0.3 is 14.8 Å². The Morgan fingerprint density at radius 1 is 1.64 bits per heavy atom. The molecule has 0 aliphatic heterocycles. The van der Waals surface area contributed by atoms with Gasteiger partial charge in [0, 0.05) is 30.9 Å². The van der Waals surface area contributed by atoms with Crippen LogP contribution in [-0.4, -0.2) is 20.7 Å². The standard InChI is InChI=1S/C10H13NO3/c1-6-3-7-4-11(2)5-8(7)10(6,14)9(12)13/h4-6,14H,3H2,1-2H3,(H,12,13). The summed E-state index contributed by atoms with van der Waals surface area (Å²) in [5.41, 5.74) is -0.221. The van der Waals surface area contributed by atoms with Crippen LogP contribution in [0.15, 0.2) is 12.4 Å². The molecule has 76 valence electrons. The smallest absolute Gasteiger partial charge is 0.340 e. The minimum absolute atomic E-state index is 0.258. The summed E-state index contributed by atoms with van der Waals surface area (Å²) in [4.78, 5) is 11.0. The Balaban J connectivity index is 2.57. The van der Waals surface area contributed by atoms with Crippen molar-refractivity contribution in [3.63, 3.8) is 0 Å². The molecule has 1 aromatic rings. The van der Waals surface area contributed by atoms with Crippen LogP contribution in [0.4, 0.5) is 0 Å². The molecule has 2 N–H and O–H groups in total. The van der Waals surface area contributed by atoms with E-state index in [9.17, 15) is 9.90 Å². The highest BCUT2D eigenvalue weighted by Gasteiger charge is 2.50. The predicted octanol–water partition coefficient (Wildman–Crippen LogP) is 0.489. The summed E-state index contributed by atoms with van der Waals surface area (Å²) in [5, 5.41) is 19.1. The van der Waals surface area contributed by atoms with Crippen molar-refractivity contribution in [1.29, 1.82) is 0 Å². The lowest BCUT2D eigenvalue weighted by Gasteiger charge is -2.23. The van der Waals surface area contributed by atoms with Crippen LogP contribution >= 0.6 is 0 Å². The number of fused-ring (bicyclic) bond motifs is 1. The largest absolute Gasteiger partial charge is 0.479 e. The van der Waals surface area contributed by atoms with Crippen LogP contribution in [0.2, 0.25) is 0 Å². The van der Waals surface area contributed by atoms with E-state index in [1.54, 1.807) is 17.7 Å². The van der Waals surface area contributed by atoms with E-state index in [-0.39, 0.29) is 5.92 Å². The summed E-state index contributed by atoms with van der Waals surface area (Å²) in [6, 6.07) is 0. The molecule has 2 atom stereocenters. The maximum absolute atomic E-state index is 11.0. The summed E-state index contributed by atoms with van der Waals surface area (Å²) in [7, 11) is 1.82. The maximum atomic E-state index is 11.0. The van der Waals surface area contributed by atoms with E-state index in [1.807, 2.05) is 13.2 Å². The van der Waals surface area contributed by atoms with Crippen molar-refractivity contribution in [3.05, 3.63) is 23.5 Å². The minimum Gasteiger partial charge on any atom is -0.479 e. The SMILES string of the molecule is CC1Cc2cn(C)cc2C1(O)C(=O)O. The highest BCUT2D eigenvalue weighted by molar-refractivity contribution is 5.81. The van der Waals surface area contributed by atoms with Crippen LogP contribution in [0, 0.1) is 5.92 Å². The molecule has 0 amide bonds. The number of carbonyl (C=O) groups is 1. The van der Waals surface area contributed by atoms with E-state index in [1.165, 1.54) is 0 Å². The lowest BCUT2D eigenvalue weighted by molar-refractivity contribution is -0.164. The number of hydrogen-bond acceptors (Lipinski definition) is 2. The molecule has 0 radical (unpaired) electrons. The van der Waals surface area contributed by atoms with Gasteiger partial charge in [-0.05, 0) is 12.0 Å². The van der Waals surface area contributed by atoms with Gasteiger partial charge in [-0.3, -0.25) is 0 Å². The lowest BCUT2D eigenvalue weighted by Crippen LogP contribution is -2.38. The van der Waals surface area contributed by atoms with E-state index in [0.29, 0.717) is 12.0 Å². The molecule has 1 heterocycles. The van der Waals surface area contributed by atoms with Crippen molar-refractivity contribution in [3.8, 4) is 0 Å². The first-order valence-corrected chi connectivity index (χ1v) is 4.57. The van der Waals surface area contributed by atoms with Crippen molar-refractivity contribution in [2.75, 3.05) is 0 Å². The molecule has 4 heteroatoms. The van der Waals surface area contributed by atoms with Gasteiger partial charge in [-0.25, -0.2) is 4.79 Å². The molecule has 0 spiro atoms. The fraction of sp³-hybridized carbons (Fsp3) is 0.500. The van der Waals surface area contributed by atoms with Crippen molar-refractivity contribution in [2.45, 2.75) is 18.9 Å². The molecule has 0 bridgehead atoms. The van der Waals surface area contributed by atoms with E-state index in [2.05, 4.69) is 0 Å². The number of carboxylic acids is 1. The maximum Gasteiger partial charge on any atom is 0.340 e. The number of aryl methyl sites for hydroxylation is 1. The zero-order valence-corrected chi connectivity index (χ0v) is 8.19. The number of aromatic nitrogens is 1. The van der Waals surface area contributed by atoms with Crippen molar-refractivity contribution in [2.24, 2.45) is 13.0 Å². The van der Waals surface area contributed by atoms with Crippen LogP contribution in [0.5, 0.6) is 0 Å². The second-order valence-electron chi connectivity index (χ2n) is 4.04. The Kier molecular flexibility index (Phi) is 1.72. The molecular formula is C10H13NO3. The molecule has 1 aromatic heterocycles. The summed E-state index contributed by atoms with van der Waals surface area (Å²) in [5.74, 6) is -1.42. The molecule has 0 fully saturated rings. The first kappa shape index (κ1) is 9.27. The van der Waals surface area contributed by atoms with Crippen LogP contribution in [0.1, 0.15) is 18.1 Å². The van der Waals surface area contributed by atoms with Gasteiger partial charge in [-0.1, -0.05) is 6.92 Å². The number of nitrogens with zero attached hydrogens (tertiary/aromatic N) is 1. The first-order chi connectivity index (χ1) is 6.46. The Hall–Kier alpha value is -1.29. The zero-order valence-electron chi connectivity index (χ0n) is 8.19. The Labute approximate surface area is 81.8 Å². The molecule has 2 rings (SSSR count). The number of hydrogen-bond donors (Lipinski definition) is 2. The molecule has 2 unspecified atom stereocenters. The third kappa shape index (κ3) is 0.944. The second-order valence-corrected chi connectivity index (χ2v) is 4.04.